The van der Waals surface area contributed by atoms with Crippen molar-refractivity contribution < 1.29 is 22.7 Å². The number of anilines is 2. The maximum atomic E-state index is 12.5. The summed E-state index contributed by atoms with van der Waals surface area (Å²) in [5, 5.41) is 2.89. The number of esters is 1. The van der Waals surface area contributed by atoms with Gasteiger partial charge in [-0.2, -0.15) is 0 Å². The van der Waals surface area contributed by atoms with Crippen LogP contribution in [0.5, 0.6) is 0 Å². The van der Waals surface area contributed by atoms with Crippen molar-refractivity contribution in [3.8, 4) is 0 Å². The van der Waals surface area contributed by atoms with E-state index >= 15 is 0 Å². The summed E-state index contributed by atoms with van der Waals surface area (Å²) in [5.74, 6) is -1.13. The van der Waals surface area contributed by atoms with Crippen LogP contribution in [0.4, 0.5) is 11.4 Å². The van der Waals surface area contributed by atoms with Crippen LogP contribution in [0.3, 0.4) is 0 Å². The highest BCUT2D eigenvalue weighted by Crippen LogP contribution is 2.26. The van der Waals surface area contributed by atoms with Gasteiger partial charge in [-0.1, -0.05) is 23.2 Å². The fraction of sp³-hybridized carbons (Fsp3) is 0.222. The van der Waals surface area contributed by atoms with Gasteiger partial charge in [0.05, 0.1) is 39.7 Å². The van der Waals surface area contributed by atoms with Gasteiger partial charge in [-0.3, -0.25) is 9.10 Å². The van der Waals surface area contributed by atoms with Crippen molar-refractivity contribution in [2.75, 3.05) is 29.5 Å². The van der Waals surface area contributed by atoms with E-state index in [2.05, 4.69) is 5.32 Å². The third kappa shape index (κ3) is 5.15. The van der Waals surface area contributed by atoms with Crippen LogP contribution in [-0.4, -0.2) is 40.2 Å². The minimum Gasteiger partial charge on any atom is -0.462 e. The van der Waals surface area contributed by atoms with Crippen molar-refractivity contribution in [1.29, 1.82) is 0 Å². The van der Waals surface area contributed by atoms with Crippen LogP contribution in [0.2, 0.25) is 10.0 Å². The van der Waals surface area contributed by atoms with Crippen molar-refractivity contribution in [3.63, 3.8) is 0 Å². The summed E-state index contributed by atoms with van der Waals surface area (Å²) in [5.41, 5.74) is 0.906. The summed E-state index contributed by atoms with van der Waals surface area (Å²) >= 11 is 12.2. The Morgan fingerprint density at radius 2 is 1.75 bits per heavy atom. The molecule has 150 valence electrons. The van der Waals surface area contributed by atoms with E-state index in [0.717, 1.165) is 10.6 Å². The molecule has 10 heteroatoms. The Bertz CT molecular complexity index is 1020. The summed E-state index contributed by atoms with van der Waals surface area (Å²) in [6, 6.07) is 8.66. The highest BCUT2D eigenvalue weighted by atomic mass is 35.5. The van der Waals surface area contributed by atoms with Crippen LogP contribution >= 0.6 is 23.2 Å². The van der Waals surface area contributed by atoms with Gasteiger partial charge >= 0.3 is 5.97 Å². The Morgan fingerprint density at radius 1 is 1.07 bits per heavy atom. The molecular weight excluding hydrogens is 427 g/mol. The van der Waals surface area contributed by atoms with Crippen molar-refractivity contribution in [2.24, 2.45) is 0 Å². The second-order valence-electron chi connectivity index (χ2n) is 5.76. The zero-order valence-electron chi connectivity index (χ0n) is 15.3. The molecule has 1 amide bonds. The average molecular weight is 445 g/mol. The number of hydrogen-bond acceptors (Lipinski definition) is 5. The molecule has 28 heavy (non-hydrogen) atoms. The summed E-state index contributed by atoms with van der Waals surface area (Å²) in [6.07, 6.45) is 1.06. The molecule has 1 N–H and O–H groups in total. The third-order valence-electron chi connectivity index (χ3n) is 3.78. The lowest BCUT2D eigenvalue weighted by molar-refractivity contribution is 0.0526. The van der Waals surface area contributed by atoms with Gasteiger partial charge in [-0.15, -0.1) is 0 Å². The highest BCUT2D eigenvalue weighted by Gasteiger charge is 2.18. The summed E-state index contributed by atoms with van der Waals surface area (Å²) in [7, 11) is -2.08. The van der Waals surface area contributed by atoms with E-state index in [9.17, 15) is 18.0 Å². The molecule has 0 aromatic heterocycles. The van der Waals surface area contributed by atoms with E-state index in [0.29, 0.717) is 11.4 Å². The number of nitrogens with zero attached hydrogens (tertiary/aromatic N) is 1. The summed E-state index contributed by atoms with van der Waals surface area (Å²) in [4.78, 5) is 24.4. The molecule has 0 saturated carbocycles. The number of sulfonamides is 1. The molecule has 2 rings (SSSR count). The molecule has 0 bridgehead atoms. The minimum absolute atomic E-state index is 0.0741. The zero-order valence-corrected chi connectivity index (χ0v) is 17.7. The van der Waals surface area contributed by atoms with Crippen LogP contribution in [-0.2, 0) is 14.8 Å². The second-order valence-corrected chi connectivity index (χ2v) is 8.59. The van der Waals surface area contributed by atoms with Gasteiger partial charge in [-0.25, -0.2) is 13.2 Å². The fourth-order valence-electron chi connectivity index (χ4n) is 2.24. The lowest BCUT2D eigenvalue weighted by atomic mass is 10.1. The minimum atomic E-state index is -3.46. The first kappa shape index (κ1) is 22.0. The lowest BCUT2D eigenvalue weighted by Gasteiger charge is -2.17. The smallest absolute Gasteiger partial charge is 0.339 e. The predicted molar refractivity (Wildman–Crippen MR) is 110 cm³/mol. The molecule has 0 unspecified atom stereocenters. The van der Waals surface area contributed by atoms with E-state index in [-0.39, 0.29) is 27.8 Å². The van der Waals surface area contributed by atoms with E-state index in [1.54, 1.807) is 6.92 Å². The van der Waals surface area contributed by atoms with Crippen molar-refractivity contribution in [2.45, 2.75) is 6.92 Å². The van der Waals surface area contributed by atoms with Gasteiger partial charge in [0, 0.05) is 12.7 Å². The number of nitrogens with one attached hydrogen (secondary N) is 1. The number of benzene rings is 2. The standard InChI is InChI=1S/C18H18Cl2N2O5S/c1-4-27-18(24)14-9-11(5-8-15(14)19)21-17(23)13-7-6-12(10-16(13)20)22(2)28(3,25)26/h5-10H,4H2,1-3H3,(H,21,23). The highest BCUT2D eigenvalue weighted by molar-refractivity contribution is 7.92. The monoisotopic (exact) mass is 444 g/mol. The third-order valence-corrected chi connectivity index (χ3v) is 5.63. The van der Waals surface area contributed by atoms with E-state index in [1.807, 2.05) is 0 Å². The SMILES string of the molecule is CCOC(=O)c1cc(NC(=O)c2ccc(N(C)S(C)(=O)=O)cc2Cl)ccc1Cl. The van der Waals surface area contributed by atoms with Gasteiger partial charge in [-0.05, 0) is 43.3 Å². The molecule has 0 heterocycles. The molecule has 0 aliphatic heterocycles. The molecule has 2 aromatic rings. The number of rotatable bonds is 6. The lowest BCUT2D eigenvalue weighted by Crippen LogP contribution is -2.25. The van der Waals surface area contributed by atoms with E-state index < -0.39 is 21.9 Å². The molecular formula is C18H18Cl2N2O5S. The number of carbonyl (C=O) groups is 2. The summed E-state index contributed by atoms with van der Waals surface area (Å²) < 4.78 is 29.2. The molecule has 0 radical (unpaired) electrons. The molecule has 2 aromatic carbocycles. The fourth-order valence-corrected chi connectivity index (χ4v) is 3.19. The Hall–Kier alpha value is -2.29. The van der Waals surface area contributed by atoms with Crippen LogP contribution in [0.25, 0.3) is 0 Å². The quantitative estimate of drug-likeness (QED) is 0.683. The summed E-state index contributed by atoms with van der Waals surface area (Å²) in [6.45, 7) is 1.86. The Kier molecular flexibility index (Phi) is 6.92. The number of hydrogen-bond donors (Lipinski definition) is 1. The zero-order chi connectivity index (χ0) is 21.1. The number of carbonyl (C=O) groups excluding carboxylic acids is 2. The molecule has 7 nitrogen and oxygen atoms in total. The molecule has 0 spiro atoms. The van der Waals surface area contributed by atoms with Gasteiger partial charge in [0.15, 0.2) is 0 Å². The van der Waals surface area contributed by atoms with Crippen LogP contribution in [0, 0.1) is 0 Å². The topological polar surface area (TPSA) is 92.8 Å². The second kappa shape index (κ2) is 8.81. The molecule has 0 aliphatic rings. The molecule has 0 fully saturated rings. The Labute approximate surface area is 173 Å². The number of ether oxygens (including phenoxy) is 1. The molecule has 0 atom stereocenters. The van der Waals surface area contributed by atoms with Crippen molar-refractivity contribution in [3.05, 3.63) is 57.6 Å². The van der Waals surface area contributed by atoms with Crippen molar-refractivity contribution in [1.82, 2.24) is 0 Å². The van der Waals surface area contributed by atoms with Gasteiger partial charge in [0.25, 0.3) is 5.91 Å². The normalized spacial score (nSPS) is 11.0. The van der Waals surface area contributed by atoms with Crippen LogP contribution in [0.1, 0.15) is 27.6 Å². The van der Waals surface area contributed by atoms with Crippen molar-refractivity contribution >= 4 is 56.5 Å². The van der Waals surface area contributed by atoms with E-state index in [4.69, 9.17) is 27.9 Å². The number of amides is 1. The predicted octanol–water partition coefficient (Wildman–Crippen LogP) is 3.82. The number of halogens is 2. The first-order chi connectivity index (χ1) is 13.0. The maximum Gasteiger partial charge on any atom is 0.339 e. The Morgan fingerprint density at radius 3 is 2.32 bits per heavy atom. The molecule has 0 saturated heterocycles. The molecule has 0 aliphatic carbocycles. The van der Waals surface area contributed by atoms with E-state index in [1.165, 1.54) is 43.4 Å². The van der Waals surface area contributed by atoms with Crippen LogP contribution in [0.15, 0.2) is 36.4 Å². The largest absolute Gasteiger partial charge is 0.462 e. The van der Waals surface area contributed by atoms with Gasteiger partial charge in [0.2, 0.25) is 10.0 Å². The first-order valence-electron chi connectivity index (χ1n) is 8.06. The van der Waals surface area contributed by atoms with Crippen LogP contribution < -0.4 is 9.62 Å². The van der Waals surface area contributed by atoms with Gasteiger partial charge < -0.3 is 10.1 Å². The van der Waals surface area contributed by atoms with Gasteiger partial charge in [0.1, 0.15) is 0 Å². The average Bonchev–Trinajstić information content (AvgIpc) is 2.61. The first-order valence-corrected chi connectivity index (χ1v) is 10.7. The maximum absolute atomic E-state index is 12.5. The Balaban J connectivity index is 2.26.